The van der Waals surface area contributed by atoms with Crippen molar-refractivity contribution in [2.45, 2.75) is 75.3 Å². The number of halogens is 3. The van der Waals surface area contributed by atoms with Gasteiger partial charge in [-0.1, -0.05) is 34.1 Å². The molecule has 2 saturated carbocycles. The van der Waals surface area contributed by atoms with Crippen LogP contribution in [0.1, 0.15) is 72.9 Å². The third-order valence-electron chi connectivity index (χ3n) is 5.32. The summed E-state index contributed by atoms with van der Waals surface area (Å²) < 4.78 is 31.0. The largest absolute Gasteiger partial charge is 0.353 e. The van der Waals surface area contributed by atoms with Crippen molar-refractivity contribution in [3.8, 4) is 0 Å². The normalized spacial score (nSPS) is 25.6. The van der Waals surface area contributed by atoms with Crippen molar-refractivity contribution in [1.82, 2.24) is 0 Å². The smallest absolute Gasteiger partial charge is 0.317 e. The maximum absolute atomic E-state index is 13.1. The second kappa shape index (κ2) is 7.43. The minimum absolute atomic E-state index is 0.202. The van der Waals surface area contributed by atoms with E-state index in [-0.39, 0.29) is 22.6 Å². The number of ether oxygens (including phenoxy) is 1. The Bertz CT molecular complexity index is 629. The first kappa shape index (κ1) is 19.0. The lowest BCUT2D eigenvalue weighted by molar-refractivity contribution is -0.254. The van der Waals surface area contributed by atoms with E-state index in [1.807, 2.05) is 12.1 Å². The van der Waals surface area contributed by atoms with Gasteiger partial charge in [0.2, 0.25) is 0 Å². The van der Waals surface area contributed by atoms with Crippen molar-refractivity contribution in [3.05, 3.63) is 34.9 Å². The highest BCUT2D eigenvalue weighted by molar-refractivity contribution is 9.09. The fourth-order valence-electron chi connectivity index (χ4n) is 3.97. The summed E-state index contributed by atoms with van der Waals surface area (Å²) in [4.78, 5) is 12.3. The molecule has 0 radical (unpaired) electrons. The van der Waals surface area contributed by atoms with Crippen LogP contribution in [-0.4, -0.2) is 18.0 Å². The average molecular weight is 415 g/mol. The van der Waals surface area contributed by atoms with Crippen LogP contribution < -0.4 is 0 Å². The maximum Gasteiger partial charge on any atom is 0.353 e. The number of benzene rings is 1. The summed E-state index contributed by atoms with van der Waals surface area (Å²) in [5, 5.41) is 0. The Hall–Kier alpha value is -0.810. The number of hydrogen-bond donors (Lipinski definition) is 0. The Kier molecular flexibility index (Phi) is 5.64. The van der Waals surface area contributed by atoms with E-state index < -0.39 is 6.11 Å². The number of Topliss-reactive ketones (excluding diaryl/α,β-unsaturated/α-hetero) is 1. The number of alkyl halides is 3. The van der Waals surface area contributed by atoms with Crippen molar-refractivity contribution >= 4 is 21.7 Å². The van der Waals surface area contributed by atoms with Crippen LogP contribution in [-0.2, 0) is 9.53 Å². The van der Waals surface area contributed by atoms with Crippen LogP contribution in [0.3, 0.4) is 0 Å². The molecule has 2 nitrogen and oxygen atoms in total. The fraction of sp³-hybridized carbons (Fsp3) is 0.650. The molecule has 3 rings (SSSR count). The van der Waals surface area contributed by atoms with Gasteiger partial charge in [-0.3, -0.25) is 4.79 Å². The van der Waals surface area contributed by atoms with Gasteiger partial charge in [-0.05, 0) is 68.1 Å². The number of ketones is 1. The third kappa shape index (κ3) is 4.68. The molecule has 2 aliphatic carbocycles. The summed E-state index contributed by atoms with van der Waals surface area (Å²) in [6.07, 6.45) is 1.44. The predicted octanol–water partition coefficient (Wildman–Crippen LogP) is 6.07. The Morgan fingerprint density at radius 1 is 1.20 bits per heavy atom. The van der Waals surface area contributed by atoms with Crippen LogP contribution in [0.25, 0.3) is 0 Å². The van der Waals surface area contributed by atoms with E-state index in [9.17, 15) is 13.6 Å². The van der Waals surface area contributed by atoms with Gasteiger partial charge in [-0.15, -0.1) is 0 Å². The molecule has 0 amide bonds. The summed E-state index contributed by atoms with van der Waals surface area (Å²) >= 11 is 3.62. The van der Waals surface area contributed by atoms with Crippen LogP contribution in [0.4, 0.5) is 8.78 Å². The van der Waals surface area contributed by atoms with E-state index in [4.69, 9.17) is 4.74 Å². The zero-order valence-electron chi connectivity index (χ0n) is 14.7. The van der Waals surface area contributed by atoms with Crippen LogP contribution in [0.5, 0.6) is 0 Å². The molecule has 0 aromatic heterocycles. The molecule has 1 unspecified atom stereocenters. The van der Waals surface area contributed by atoms with Gasteiger partial charge < -0.3 is 4.74 Å². The van der Waals surface area contributed by atoms with E-state index in [0.717, 1.165) is 38.2 Å². The quantitative estimate of drug-likeness (QED) is 0.528. The third-order valence-corrected chi connectivity index (χ3v) is 6.26. The molecule has 0 aliphatic heterocycles. The van der Waals surface area contributed by atoms with E-state index in [1.54, 1.807) is 0 Å². The van der Waals surface area contributed by atoms with Gasteiger partial charge in [-0.2, -0.15) is 8.78 Å². The Morgan fingerprint density at radius 2 is 1.84 bits per heavy atom. The molecule has 1 aromatic carbocycles. The number of carbonyl (C=O) groups is 1. The van der Waals surface area contributed by atoms with E-state index in [2.05, 4.69) is 28.9 Å². The average Bonchev–Trinajstić information content (AvgIpc) is 3.38. The summed E-state index contributed by atoms with van der Waals surface area (Å²) in [6.45, 7) is 2.88. The molecule has 2 aliphatic rings. The summed E-state index contributed by atoms with van der Waals surface area (Å²) in [7, 11) is 0. The molecule has 1 atom stereocenters. The van der Waals surface area contributed by atoms with Crippen molar-refractivity contribution in [3.63, 3.8) is 0 Å². The lowest BCUT2D eigenvalue weighted by atomic mass is 9.78. The number of aryl methyl sites for hydroxylation is 1. The summed E-state index contributed by atoms with van der Waals surface area (Å²) in [6, 6.07) is 6.10. The SMILES string of the molecule is Cc1cccc(C(Br)C(=O)C2CC2)c1C1CCC(OC(C)(F)F)CC1. The standard InChI is InChI=1S/C20H25BrF2O2/c1-12-4-3-5-16(18(21)19(24)14-6-7-14)17(12)13-8-10-15(11-9-13)25-20(2,22)23/h3-5,13-15,18H,6-11H2,1-2H3. The Balaban J connectivity index is 1.75. The zero-order chi connectivity index (χ0) is 18.2. The lowest BCUT2D eigenvalue weighted by Crippen LogP contribution is -2.29. The number of carbonyl (C=O) groups excluding carboxylic acids is 1. The predicted molar refractivity (Wildman–Crippen MR) is 97.3 cm³/mol. The van der Waals surface area contributed by atoms with Gasteiger partial charge in [0.25, 0.3) is 0 Å². The Morgan fingerprint density at radius 3 is 2.40 bits per heavy atom. The summed E-state index contributed by atoms with van der Waals surface area (Å²) in [5.74, 6) is 0.775. The van der Waals surface area contributed by atoms with E-state index >= 15 is 0 Å². The van der Waals surface area contributed by atoms with E-state index in [1.165, 1.54) is 11.1 Å². The van der Waals surface area contributed by atoms with Gasteiger partial charge >= 0.3 is 6.11 Å². The maximum atomic E-state index is 13.1. The molecule has 5 heteroatoms. The van der Waals surface area contributed by atoms with E-state index in [0.29, 0.717) is 18.8 Å². The molecule has 0 N–H and O–H groups in total. The molecule has 138 valence electrons. The first-order valence-corrected chi connectivity index (χ1v) is 10.0. The highest BCUT2D eigenvalue weighted by atomic mass is 79.9. The van der Waals surface area contributed by atoms with Crippen LogP contribution in [0.2, 0.25) is 0 Å². The van der Waals surface area contributed by atoms with Gasteiger partial charge in [0, 0.05) is 12.8 Å². The molecule has 0 heterocycles. The second-order valence-electron chi connectivity index (χ2n) is 7.52. The first-order chi connectivity index (χ1) is 11.8. The second-order valence-corrected chi connectivity index (χ2v) is 8.43. The Labute approximate surface area is 156 Å². The molecule has 0 saturated heterocycles. The minimum atomic E-state index is -3.07. The van der Waals surface area contributed by atoms with Crippen molar-refractivity contribution < 1.29 is 18.3 Å². The fourth-order valence-corrected chi connectivity index (χ4v) is 4.75. The van der Waals surface area contributed by atoms with Crippen LogP contribution >= 0.6 is 15.9 Å². The zero-order valence-corrected chi connectivity index (χ0v) is 16.3. The molecule has 0 bridgehead atoms. The monoisotopic (exact) mass is 414 g/mol. The van der Waals surface area contributed by atoms with Gasteiger partial charge in [0.15, 0.2) is 5.78 Å². The van der Waals surface area contributed by atoms with Crippen molar-refractivity contribution in [1.29, 1.82) is 0 Å². The van der Waals surface area contributed by atoms with Gasteiger partial charge in [0.1, 0.15) is 0 Å². The topological polar surface area (TPSA) is 26.3 Å². The molecule has 1 aromatic rings. The van der Waals surface area contributed by atoms with Gasteiger partial charge in [-0.25, -0.2) is 0 Å². The highest BCUT2D eigenvalue weighted by Gasteiger charge is 2.37. The summed E-state index contributed by atoms with van der Waals surface area (Å²) in [5.41, 5.74) is 3.46. The first-order valence-electron chi connectivity index (χ1n) is 9.09. The number of rotatable bonds is 6. The highest BCUT2D eigenvalue weighted by Crippen LogP contribution is 2.44. The van der Waals surface area contributed by atoms with Crippen LogP contribution in [0.15, 0.2) is 18.2 Å². The molecule has 2 fully saturated rings. The van der Waals surface area contributed by atoms with Crippen LogP contribution in [0, 0.1) is 12.8 Å². The molecule has 25 heavy (non-hydrogen) atoms. The van der Waals surface area contributed by atoms with Crippen molar-refractivity contribution in [2.75, 3.05) is 0 Å². The molecular formula is C20H25BrF2O2. The minimum Gasteiger partial charge on any atom is -0.317 e. The molecule has 0 spiro atoms. The number of hydrogen-bond acceptors (Lipinski definition) is 2. The van der Waals surface area contributed by atoms with Crippen molar-refractivity contribution in [2.24, 2.45) is 5.92 Å². The molecular weight excluding hydrogens is 390 g/mol. The lowest BCUT2D eigenvalue weighted by Gasteiger charge is -2.32. The van der Waals surface area contributed by atoms with Gasteiger partial charge in [0.05, 0.1) is 10.9 Å².